The summed E-state index contributed by atoms with van der Waals surface area (Å²) >= 11 is 0. The smallest absolute Gasteiger partial charge is 0.0912 e. The first kappa shape index (κ1) is 14.0. The van der Waals surface area contributed by atoms with E-state index in [0.29, 0.717) is 0 Å². The zero-order valence-corrected chi connectivity index (χ0v) is 9.90. The highest BCUT2D eigenvalue weighted by Crippen LogP contribution is 2.03. The average molecular weight is 217 g/mol. The van der Waals surface area contributed by atoms with E-state index in [4.69, 9.17) is 0 Å². The predicted octanol–water partition coefficient (Wildman–Crippen LogP) is 3.75. The maximum atomic E-state index is 9.21. The van der Waals surface area contributed by atoms with Gasteiger partial charge in [-0.3, -0.25) is 0 Å². The maximum Gasteiger partial charge on any atom is 0.0912 e. The van der Waals surface area contributed by atoms with Crippen LogP contribution in [-0.2, 0) is 0 Å². The molecule has 0 aromatic carbocycles. The van der Waals surface area contributed by atoms with Crippen LogP contribution in [0.4, 0.5) is 0 Å². The van der Waals surface area contributed by atoms with Gasteiger partial charge in [0.1, 0.15) is 0 Å². The van der Waals surface area contributed by atoms with E-state index in [1.807, 2.05) is 25.2 Å². The average Bonchev–Trinajstić information content (AvgIpc) is 2.17. The van der Waals surface area contributed by atoms with Crippen LogP contribution in [0.15, 0.2) is 72.8 Å². The standard InChI is InChI=1S/C14H19NO/c1-5-8-13(9-6-2)15-14(10-7-3)11-12(4)16/h5-11,15-16H,1,3H2,2,4H3/b9-6-,12-11+,13-8+,14-10+. The van der Waals surface area contributed by atoms with Crippen molar-refractivity contribution in [1.29, 1.82) is 0 Å². The summed E-state index contributed by atoms with van der Waals surface area (Å²) in [7, 11) is 0. The first-order chi connectivity index (χ1) is 7.63. The van der Waals surface area contributed by atoms with Crippen molar-refractivity contribution in [3.8, 4) is 0 Å². The molecule has 0 heterocycles. The predicted molar refractivity (Wildman–Crippen MR) is 70.9 cm³/mol. The third-order valence-electron chi connectivity index (χ3n) is 1.59. The van der Waals surface area contributed by atoms with Crippen LogP contribution in [0.3, 0.4) is 0 Å². The Morgan fingerprint density at radius 3 is 2.12 bits per heavy atom. The van der Waals surface area contributed by atoms with Crippen LogP contribution in [0, 0.1) is 0 Å². The van der Waals surface area contributed by atoms with E-state index < -0.39 is 0 Å². The van der Waals surface area contributed by atoms with E-state index >= 15 is 0 Å². The Kier molecular flexibility index (Phi) is 7.33. The molecule has 0 aromatic rings. The number of aliphatic hydroxyl groups excluding tert-OH is 1. The first-order valence-corrected chi connectivity index (χ1v) is 5.06. The Balaban J connectivity index is 4.93. The lowest BCUT2D eigenvalue weighted by Gasteiger charge is -2.07. The molecule has 86 valence electrons. The van der Waals surface area contributed by atoms with Gasteiger partial charge in [-0.2, -0.15) is 0 Å². The molecule has 0 amide bonds. The maximum absolute atomic E-state index is 9.21. The van der Waals surface area contributed by atoms with Crippen molar-refractivity contribution < 1.29 is 5.11 Å². The van der Waals surface area contributed by atoms with Crippen molar-refractivity contribution in [3.05, 3.63) is 72.8 Å². The van der Waals surface area contributed by atoms with Crippen LogP contribution >= 0.6 is 0 Å². The normalized spacial score (nSPS) is 14.0. The molecule has 2 nitrogen and oxygen atoms in total. The van der Waals surface area contributed by atoms with Crippen LogP contribution < -0.4 is 5.32 Å². The van der Waals surface area contributed by atoms with Gasteiger partial charge in [-0.25, -0.2) is 0 Å². The molecule has 2 N–H and O–H groups in total. The summed E-state index contributed by atoms with van der Waals surface area (Å²) in [6.45, 7) is 10.8. The van der Waals surface area contributed by atoms with Gasteiger partial charge < -0.3 is 10.4 Å². The lowest BCUT2D eigenvalue weighted by molar-refractivity contribution is 0.413. The molecule has 0 radical (unpaired) electrons. The number of aliphatic hydroxyl groups is 1. The second-order valence-corrected chi connectivity index (χ2v) is 3.13. The van der Waals surface area contributed by atoms with Crippen LogP contribution in [0.1, 0.15) is 13.8 Å². The number of rotatable bonds is 6. The highest BCUT2D eigenvalue weighted by Gasteiger charge is 1.94. The quantitative estimate of drug-likeness (QED) is 0.524. The molecule has 0 saturated carbocycles. The van der Waals surface area contributed by atoms with Gasteiger partial charge in [-0.1, -0.05) is 31.4 Å². The van der Waals surface area contributed by atoms with Crippen molar-refractivity contribution in [3.63, 3.8) is 0 Å². The molecule has 0 aliphatic heterocycles. The summed E-state index contributed by atoms with van der Waals surface area (Å²) in [5.41, 5.74) is 1.66. The minimum absolute atomic E-state index is 0.235. The SMILES string of the molecule is C=C/C=C(\C=C/C)NC(/C=C(\C)O)=C/C=C. The fraction of sp³-hybridized carbons (Fsp3) is 0.143. The molecule has 0 atom stereocenters. The molecule has 0 aliphatic carbocycles. The van der Waals surface area contributed by atoms with Crippen molar-refractivity contribution in [2.75, 3.05) is 0 Å². The Morgan fingerprint density at radius 1 is 1.12 bits per heavy atom. The van der Waals surface area contributed by atoms with E-state index in [0.717, 1.165) is 11.4 Å². The monoisotopic (exact) mass is 217 g/mol. The van der Waals surface area contributed by atoms with Gasteiger partial charge in [-0.05, 0) is 38.2 Å². The van der Waals surface area contributed by atoms with Crippen molar-refractivity contribution >= 4 is 0 Å². The Hall–Kier alpha value is -1.96. The van der Waals surface area contributed by atoms with Gasteiger partial charge >= 0.3 is 0 Å². The summed E-state index contributed by atoms with van der Waals surface area (Å²) in [6, 6.07) is 0. The van der Waals surface area contributed by atoms with Gasteiger partial charge in [-0.15, -0.1) is 0 Å². The molecule has 0 rings (SSSR count). The topological polar surface area (TPSA) is 32.3 Å². The molecule has 2 heteroatoms. The second-order valence-electron chi connectivity index (χ2n) is 3.13. The number of nitrogens with one attached hydrogen (secondary N) is 1. The van der Waals surface area contributed by atoms with Crippen molar-refractivity contribution in [2.45, 2.75) is 13.8 Å². The Morgan fingerprint density at radius 2 is 1.69 bits per heavy atom. The van der Waals surface area contributed by atoms with Gasteiger partial charge in [0.15, 0.2) is 0 Å². The Bertz CT molecular complexity index is 353. The van der Waals surface area contributed by atoms with Gasteiger partial charge in [0.25, 0.3) is 0 Å². The summed E-state index contributed by atoms with van der Waals surface area (Å²) < 4.78 is 0. The highest BCUT2D eigenvalue weighted by atomic mass is 16.3. The lowest BCUT2D eigenvalue weighted by Crippen LogP contribution is -2.09. The third-order valence-corrected chi connectivity index (χ3v) is 1.59. The molecule has 0 aromatic heterocycles. The van der Waals surface area contributed by atoms with E-state index in [1.54, 1.807) is 31.2 Å². The molecule has 0 unspecified atom stereocenters. The van der Waals surface area contributed by atoms with E-state index in [-0.39, 0.29) is 5.76 Å². The number of hydrogen-bond acceptors (Lipinski definition) is 2. The molecule has 0 spiro atoms. The molecule has 0 bridgehead atoms. The second kappa shape index (κ2) is 8.36. The van der Waals surface area contributed by atoms with Crippen LogP contribution in [0.25, 0.3) is 0 Å². The number of hydrogen-bond donors (Lipinski definition) is 2. The van der Waals surface area contributed by atoms with Gasteiger partial charge in [0.2, 0.25) is 0 Å². The Labute approximate surface area is 97.7 Å². The van der Waals surface area contributed by atoms with Crippen molar-refractivity contribution in [1.82, 2.24) is 5.32 Å². The third kappa shape index (κ3) is 6.49. The molecule has 0 saturated heterocycles. The minimum Gasteiger partial charge on any atom is -0.513 e. The highest BCUT2D eigenvalue weighted by molar-refractivity contribution is 5.31. The number of allylic oxidation sites excluding steroid dienone is 8. The fourth-order valence-corrected chi connectivity index (χ4v) is 1.09. The van der Waals surface area contributed by atoms with E-state index in [1.165, 1.54) is 0 Å². The molecule has 0 fully saturated rings. The van der Waals surface area contributed by atoms with Crippen LogP contribution in [0.5, 0.6) is 0 Å². The zero-order valence-electron chi connectivity index (χ0n) is 9.90. The van der Waals surface area contributed by atoms with Crippen LogP contribution in [-0.4, -0.2) is 5.11 Å². The lowest BCUT2D eigenvalue weighted by atomic mass is 10.3. The summed E-state index contributed by atoms with van der Waals surface area (Å²) in [4.78, 5) is 0. The largest absolute Gasteiger partial charge is 0.513 e. The summed E-state index contributed by atoms with van der Waals surface area (Å²) in [6.07, 6.45) is 12.4. The minimum atomic E-state index is 0.235. The molecule has 16 heavy (non-hydrogen) atoms. The zero-order chi connectivity index (χ0) is 12.4. The van der Waals surface area contributed by atoms with Gasteiger partial charge in [0, 0.05) is 11.4 Å². The summed E-state index contributed by atoms with van der Waals surface area (Å²) in [5, 5.41) is 12.4. The summed E-state index contributed by atoms with van der Waals surface area (Å²) in [5.74, 6) is 0.235. The van der Waals surface area contributed by atoms with E-state index in [9.17, 15) is 5.11 Å². The van der Waals surface area contributed by atoms with E-state index in [2.05, 4.69) is 18.5 Å². The van der Waals surface area contributed by atoms with Crippen LogP contribution in [0.2, 0.25) is 0 Å². The molecule has 0 aliphatic rings. The van der Waals surface area contributed by atoms with Crippen molar-refractivity contribution in [2.24, 2.45) is 0 Å². The molecular formula is C14H19NO. The first-order valence-electron chi connectivity index (χ1n) is 5.06. The fourth-order valence-electron chi connectivity index (χ4n) is 1.09. The van der Waals surface area contributed by atoms with Gasteiger partial charge in [0.05, 0.1) is 5.76 Å². The molecular weight excluding hydrogens is 198 g/mol.